The summed E-state index contributed by atoms with van der Waals surface area (Å²) in [5.41, 5.74) is 5.50. The molecule has 1 unspecified atom stereocenters. The van der Waals surface area contributed by atoms with Crippen molar-refractivity contribution in [3.63, 3.8) is 0 Å². The van der Waals surface area contributed by atoms with Gasteiger partial charge >= 0.3 is 0 Å². The second kappa shape index (κ2) is 5.31. The smallest absolute Gasteiger partial charge is 0.250 e. The standard InChI is InChI=1S/C8H18N2O3S/c1-4-14(12,13)10-8(11)7(9)5-6(2)3/h6-7H,4-5,9H2,1-3H3,(H,10,11). The summed E-state index contributed by atoms with van der Waals surface area (Å²) in [5.74, 6) is -0.478. The molecule has 0 aliphatic carbocycles. The lowest BCUT2D eigenvalue weighted by Gasteiger charge is -2.13. The third-order valence-electron chi connectivity index (χ3n) is 1.70. The van der Waals surface area contributed by atoms with Crippen LogP contribution in [0, 0.1) is 5.92 Å². The van der Waals surface area contributed by atoms with Crippen molar-refractivity contribution in [3.05, 3.63) is 0 Å². The first-order valence-electron chi connectivity index (χ1n) is 4.58. The predicted molar refractivity (Wildman–Crippen MR) is 55.0 cm³/mol. The van der Waals surface area contributed by atoms with Gasteiger partial charge in [0.2, 0.25) is 15.9 Å². The van der Waals surface area contributed by atoms with Crippen molar-refractivity contribution in [2.45, 2.75) is 33.2 Å². The van der Waals surface area contributed by atoms with Crippen LogP contribution in [0.15, 0.2) is 0 Å². The lowest BCUT2D eigenvalue weighted by Crippen LogP contribution is -2.44. The Labute approximate surface area is 85.1 Å². The van der Waals surface area contributed by atoms with Crippen LogP contribution in [0.25, 0.3) is 0 Å². The number of hydrogen-bond donors (Lipinski definition) is 2. The van der Waals surface area contributed by atoms with Crippen LogP contribution in [0.3, 0.4) is 0 Å². The predicted octanol–water partition coefficient (Wildman–Crippen LogP) is -0.174. The maximum absolute atomic E-state index is 11.2. The minimum atomic E-state index is -3.48. The number of amides is 1. The van der Waals surface area contributed by atoms with E-state index in [9.17, 15) is 13.2 Å². The first-order valence-corrected chi connectivity index (χ1v) is 6.23. The van der Waals surface area contributed by atoms with Crippen LogP contribution in [-0.4, -0.2) is 26.1 Å². The Balaban J connectivity index is 4.22. The summed E-state index contributed by atoms with van der Waals surface area (Å²) >= 11 is 0. The van der Waals surface area contributed by atoms with Gasteiger partial charge in [-0.1, -0.05) is 13.8 Å². The fourth-order valence-corrected chi connectivity index (χ4v) is 1.52. The third kappa shape index (κ3) is 5.18. The number of nitrogens with two attached hydrogens (primary N) is 1. The van der Waals surface area contributed by atoms with E-state index in [0.29, 0.717) is 6.42 Å². The average Bonchev–Trinajstić information content (AvgIpc) is 2.02. The Morgan fingerprint density at radius 2 is 1.93 bits per heavy atom. The van der Waals surface area contributed by atoms with Gasteiger partial charge < -0.3 is 5.73 Å². The molecular weight excluding hydrogens is 204 g/mol. The molecule has 14 heavy (non-hydrogen) atoms. The maximum Gasteiger partial charge on any atom is 0.250 e. The highest BCUT2D eigenvalue weighted by Gasteiger charge is 2.19. The molecule has 3 N–H and O–H groups in total. The van der Waals surface area contributed by atoms with Gasteiger partial charge in [-0.15, -0.1) is 0 Å². The van der Waals surface area contributed by atoms with Crippen LogP contribution in [0.2, 0.25) is 0 Å². The number of carbonyl (C=O) groups is 1. The zero-order chi connectivity index (χ0) is 11.4. The number of sulfonamides is 1. The van der Waals surface area contributed by atoms with E-state index < -0.39 is 22.0 Å². The molecular formula is C8H18N2O3S. The molecule has 84 valence electrons. The Morgan fingerprint density at radius 1 is 1.43 bits per heavy atom. The summed E-state index contributed by atoms with van der Waals surface area (Å²) in [4.78, 5) is 11.2. The van der Waals surface area contributed by atoms with Crippen LogP contribution in [0.1, 0.15) is 27.2 Å². The van der Waals surface area contributed by atoms with Crippen LogP contribution >= 0.6 is 0 Å². The molecule has 0 aromatic rings. The van der Waals surface area contributed by atoms with Crippen LogP contribution < -0.4 is 10.5 Å². The molecule has 5 nitrogen and oxygen atoms in total. The molecule has 1 amide bonds. The lowest BCUT2D eigenvalue weighted by molar-refractivity contribution is -0.120. The first kappa shape index (κ1) is 13.4. The number of nitrogens with one attached hydrogen (secondary N) is 1. The fourth-order valence-electron chi connectivity index (χ4n) is 0.916. The quantitative estimate of drug-likeness (QED) is 0.675. The minimum Gasteiger partial charge on any atom is -0.320 e. The fraction of sp³-hybridized carbons (Fsp3) is 0.875. The van der Waals surface area contributed by atoms with Crippen LogP contribution in [0.4, 0.5) is 0 Å². The summed E-state index contributed by atoms with van der Waals surface area (Å²) < 4.78 is 23.9. The van der Waals surface area contributed by atoms with Gasteiger partial charge in [0.25, 0.3) is 0 Å². The van der Waals surface area contributed by atoms with Crippen molar-refractivity contribution in [2.75, 3.05) is 5.75 Å². The van der Waals surface area contributed by atoms with Gasteiger partial charge in [-0.25, -0.2) is 8.42 Å². The third-order valence-corrected chi connectivity index (χ3v) is 2.97. The zero-order valence-electron chi connectivity index (χ0n) is 8.78. The highest BCUT2D eigenvalue weighted by Crippen LogP contribution is 2.02. The van der Waals surface area contributed by atoms with E-state index in [1.54, 1.807) is 0 Å². The Hall–Kier alpha value is -0.620. The molecule has 0 aliphatic heterocycles. The summed E-state index contributed by atoms with van der Waals surface area (Å²) in [7, 11) is -3.48. The van der Waals surface area contributed by atoms with Gasteiger partial charge in [0.15, 0.2) is 0 Å². The molecule has 0 aromatic heterocycles. The Kier molecular flexibility index (Phi) is 5.07. The average molecular weight is 222 g/mol. The normalized spacial score (nSPS) is 14.1. The summed E-state index contributed by atoms with van der Waals surface area (Å²) in [5, 5.41) is 0. The largest absolute Gasteiger partial charge is 0.320 e. The van der Waals surface area contributed by atoms with Gasteiger partial charge in [-0.2, -0.15) is 0 Å². The minimum absolute atomic E-state index is 0.118. The highest BCUT2D eigenvalue weighted by molar-refractivity contribution is 7.90. The van der Waals surface area contributed by atoms with Crippen molar-refractivity contribution in [3.8, 4) is 0 Å². The van der Waals surface area contributed by atoms with Gasteiger partial charge in [-0.05, 0) is 19.3 Å². The maximum atomic E-state index is 11.2. The van der Waals surface area contributed by atoms with Crippen molar-refractivity contribution < 1.29 is 13.2 Å². The highest BCUT2D eigenvalue weighted by atomic mass is 32.2. The van der Waals surface area contributed by atoms with Gasteiger partial charge in [0, 0.05) is 0 Å². The molecule has 0 radical (unpaired) electrons. The summed E-state index contributed by atoms with van der Waals surface area (Å²) in [6.45, 7) is 5.30. The van der Waals surface area contributed by atoms with Crippen molar-refractivity contribution >= 4 is 15.9 Å². The molecule has 0 fully saturated rings. The summed E-state index contributed by atoms with van der Waals surface area (Å²) in [6.07, 6.45) is 0.477. The number of rotatable bonds is 5. The molecule has 0 aromatic carbocycles. The Bertz CT molecular complexity index is 285. The van der Waals surface area contributed by atoms with E-state index in [2.05, 4.69) is 0 Å². The topological polar surface area (TPSA) is 89.3 Å². The van der Waals surface area contributed by atoms with Crippen molar-refractivity contribution in [1.29, 1.82) is 0 Å². The van der Waals surface area contributed by atoms with E-state index >= 15 is 0 Å². The van der Waals surface area contributed by atoms with Gasteiger partial charge in [0.1, 0.15) is 0 Å². The van der Waals surface area contributed by atoms with Gasteiger partial charge in [0.05, 0.1) is 11.8 Å². The summed E-state index contributed by atoms with van der Waals surface area (Å²) in [6, 6.07) is -0.753. The van der Waals surface area contributed by atoms with Crippen molar-refractivity contribution in [2.24, 2.45) is 11.7 Å². The first-order chi connectivity index (χ1) is 6.28. The molecule has 0 bridgehead atoms. The SMILES string of the molecule is CCS(=O)(=O)NC(=O)C(N)CC(C)C. The van der Waals surface area contributed by atoms with Crippen LogP contribution in [-0.2, 0) is 14.8 Å². The molecule has 0 spiro atoms. The Morgan fingerprint density at radius 3 is 2.29 bits per heavy atom. The molecule has 0 heterocycles. The second-order valence-electron chi connectivity index (χ2n) is 3.61. The van der Waals surface area contributed by atoms with E-state index in [0.717, 1.165) is 0 Å². The molecule has 0 rings (SSSR count). The van der Waals surface area contributed by atoms with Gasteiger partial charge in [-0.3, -0.25) is 9.52 Å². The zero-order valence-corrected chi connectivity index (χ0v) is 9.60. The lowest BCUT2D eigenvalue weighted by atomic mass is 10.0. The number of hydrogen-bond acceptors (Lipinski definition) is 4. The molecule has 6 heteroatoms. The molecule has 0 saturated heterocycles. The second-order valence-corrected chi connectivity index (χ2v) is 5.62. The monoisotopic (exact) mass is 222 g/mol. The molecule has 0 aliphatic rings. The van der Waals surface area contributed by atoms with E-state index in [1.165, 1.54) is 6.92 Å². The molecule has 0 saturated carbocycles. The van der Waals surface area contributed by atoms with E-state index in [1.807, 2.05) is 18.6 Å². The van der Waals surface area contributed by atoms with Crippen molar-refractivity contribution in [1.82, 2.24) is 4.72 Å². The van der Waals surface area contributed by atoms with E-state index in [4.69, 9.17) is 5.73 Å². The van der Waals surface area contributed by atoms with E-state index in [-0.39, 0.29) is 11.7 Å². The molecule has 1 atom stereocenters. The van der Waals surface area contributed by atoms with Crippen LogP contribution in [0.5, 0.6) is 0 Å². The number of carbonyl (C=O) groups excluding carboxylic acids is 1.